The second-order valence-corrected chi connectivity index (χ2v) is 5.54. The monoisotopic (exact) mass is 339 g/mol. The second kappa shape index (κ2) is 6.90. The Morgan fingerprint density at radius 3 is 2.32 bits per heavy atom. The summed E-state index contributed by atoms with van der Waals surface area (Å²) >= 11 is 12.0. The Hall–Kier alpha value is -1.91. The maximum Gasteiger partial charge on any atom is 0.417 e. The predicted octanol–water partition coefficient (Wildman–Crippen LogP) is 5.23. The quantitative estimate of drug-likeness (QED) is 0.832. The number of aryl methyl sites for hydroxylation is 2. The molecule has 0 atom stereocenters. The summed E-state index contributed by atoms with van der Waals surface area (Å²) in [6.45, 7) is 3.69. The van der Waals surface area contributed by atoms with Crippen LogP contribution >= 0.6 is 23.2 Å². The van der Waals surface area contributed by atoms with Crippen molar-refractivity contribution in [2.45, 2.75) is 13.8 Å². The van der Waals surface area contributed by atoms with Crippen LogP contribution in [-0.2, 0) is 0 Å². The fourth-order valence-electron chi connectivity index (χ4n) is 1.99. The number of carbonyl (C=O) groups excluding carboxylic acids is 1. The van der Waals surface area contributed by atoms with Gasteiger partial charge >= 0.3 is 6.09 Å². The number of rotatable bonds is 3. The van der Waals surface area contributed by atoms with Crippen LogP contribution in [0.1, 0.15) is 11.1 Å². The summed E-state index contributed by atoms with van der Waals surface area (Å²) in [5.74, 6) is 0.905. The van der Waals surface area contributed by atoms with E-state index < -0.39 is 6.09 Å². The van der Waals surface area contributed by atoms with Crippen molar-refractivity contribution in [2.24, 2.45) is 0 Å². The number of amides is 1. The predicted molar refractivity (Wildman–Crippen MR) is 88.6 cm³/mol. The molecular weight excluding hydrogens is 325 g/mol. The summed E-state index contributed by atoms with van der Waals surface area (Å²) in [6.07, 6.45) is -0.637. The van der Waals surface area contributed by atoms with Crippen LogP contribution in [-0.4, -0.2) is 13.2 Å². The summed E-state index contributed by atoms with van der Waals surface area (Å²) in [4.78, 5) is 12.0. The Balaban J connectivity index is 2.15. The van der Waals surface area contributed by atoms with Gasteiger partial charge in [0.15, 0.2) is 0 Å². The lowest BCUT2D eigenvalue weighted by Crippen LogP contribution is -2.17. The molecule has 0 saturated carbocycles. The van der Waals surface area contributed by atoms with Crippen LogP contribution in [0.25, 0.3) is 0 Å². The average Bonchev–Trinajstić information content (AvgIpc) is 2.44. The summed E-state index contributed by atoms with van der Waals surface area (Å²) in [5.41, 5.74) is 2.11. The van der Waals surface area contributed by atoms with Gasteiger partial charge in [-0.15, -0.1) is 0 Å². The molecule has 1 N–H and O–H groups in total. The van der Waals surface area contributed by atoms with E-state index in [0.29, 0.717) is 27.2 Å². The molecule has 4 nitrogen and oxygen atoms in total. The Morgan fingerprint density at radius 2 is 1.73 bits per heavy atom. The topological polar surface area (TPSA) is 47.6 Å². The number of ether oxygens (including phenoxy) is 2. The van der Waals surface area contributed by atoms with E-state index in [-0.39, 0.29) is 0 Å². The number of nitrogens with one attached hydrogen (secondary N) is 1. The first kappa shape index (κ1) is 16.5. The number of benzene rings is 2. The molecule has 6 heteroatoms. The van der Waals surface area contributed by atoms with Crippen molar-refractivity contribution >= 4 is 35.0 Å². The first-order chi connectivity index (χ1) is 10.4. The molecule has 0 heterocycles. The minimum atomic E-state index is -0.637. The maximum absolute atomic E-state index is 12.0. The Kier molecular flexibility index (Phi) is 5.16. The van der Waals surface area contributed by atoms with Gasteiger partial charge in [-0.2, -0.15) is 0 Å². The zero-order chi connectivity index (χ0) is 16.3. The van der Waals surface area contributed by atoms with Crippen LogP contribution in [0.5, 0.6) is 11.5 Å². The lowest BCUT2D eigenvalue weighted by molar-refractivity contribution is 0.215. The van der Waals surface area contributed by atoms with Crippen molar-refractivity contribution in [3.63, 3.8) is 0 Å². The number of methoxy groups -OCH3 is 1. The van der Waals surface area contributed by atoms with Crippen molar-refractivity contribution in [3.05, 3.63) is 51.5 Å². The van der Waals surface area contributed by atoms with Gasteiger partial charge in [0.2, 0.25) is 0 Å². The van der Waals surface area contributed by atoms with Crippen LogP contribution in [0, 0.1) is 13.8 Å². The molecule has 2 rings (SSSR count). The molecule has 0 spiro atoms. The highest BCUT2D eigenvalue weighted by molar-refractivity contribution is 6.32. The average molecular weight is 340 g/mol. The third kappa shape index (κ3) is 3.84. The summed E-state index contributed by atoms with van der Waals surface area (Å²) in [5, 5.41) is 3.74. The van der Waals surface area contributed by atoms with Crippen LogP contribution in [0.4, 0.5) is 10.5 Å². The highest BCUT2D eigenvalue weighted by Crippen LogP contribution is 2.29. The van der Waals surface area contributed by atoms with Crippen LogP contribution in [0.15, 0.2) is 30.3 Å². The third-order valence-corrected chi connectivity index (χ3v) is 3.85. The summed E-state index contributed by atoms with van der Waals surface area (Å²) in [6, 6.07) is 8.31. The molecule has 0 aromatic heterocycles. The molecule has 0 aliphatic heterocycles. The Morgan fingerprint density at radius 1 is 1.09 bits per heavy atom. The van der Waals surface area contributed by atoms with Gasteiger partial charge in [-0.25, -0.2) is 4.79 Å². The van der Waals surface area contributed by atoms with E-state index in [2.05, 4.69) is 5.32 Å². The molecule has 1 amide bonds. The first-order valence-corrected chi connectivity index (χ1v) is 7.25. The SMILES string of the molecule is COc1ccc(Cl)cc1NC(=O)Oc1cc(C)c(Cl)c(C)c1. The van der Waals surface area contributed by atoms with Gasteiger partial charge < -0.3 is 9.47 Å². The highest BCUT2D eigenvalue weighted by Gasteiger charge is 2.11. The number of hydrogen-bond acceptors (Lipinski definition) is 3. The number of hydrogen-bond donors (Lipinski definition) is 1. The van der Waals surface area contributed by atoms with Crippen molar-refractivity contribution in [1.82, 2.24) is 0 Å². The van der Waals surface area contributed by atoms with Gasteiger partial charge in [-0.1, -0.05) is 23.2 Å². The molecular formula is C16H15Cl2NO3. The standard InChI is InChI=1S/C16H15Cl2NO3/c1-9-6-12(7-10(2)15(9)18)22-16(20)19-13-8-11(17)4-5-14(13)21-3/h4-8H,1-3H3,(H,19,20). The smallest absolute Gasteiger partial charge is 0.417 e. The second-order valence-electron chi connectivity index (χ2n) is 4.73. The fraction of sp³-hybridized carbons (Fsp3) is 0.188. The lowest BCUT2D eigenvalue weighted by atomic mass is 10.1. The molecule has 0 fully saturated rings. The molecule has 0 radical (unpaired) electrons. The summed E-state index contributed by atoms with van der Waals surface area (Å²) < 4.78 is 10.4. The van der Waals surface area contributed by atoms with Gasteiger partial charge in [0.05, 0.1) is 12.8 Å². The van der Waals surface area contributed by atoms with Gasteiger partial charge in [0.1, 0.15) is 11.5 Å². The largest absolute Gasteiger partial charge is 0.495 e. The zero-order valence-corrected chi connectivity index (χ0v) is 13.9. The minimum absolute atomic E-state index is 0.415. The van der Waals surface area contributed by atoms with E-state index in [1.54, 1.807) is 30.3 Å². The van der Waals surface area contributed by atoms with E-state index >= 15 is 0 Å². The lowest BCUT2D eigenvalue weighted by Gasteiger charge is -2.12. The Bertz CT molecular complexity index is 694. The van der Waals surface area contributed by atoms with E-state index in [4.69, 9.17) is 32.7 Å². The van der Waals surface area contributed by atoms with E-state index in [9.17, 15) is 4.79 Å². The van der Waals surface area contributed by atoms with Gasteiger partial charge in [0.25, 0.3) is 0 Å². The molecule has 2 aromatic rings. The normalized spacial score (nSPS) is 10.2. The molecule has 2 aromatic carbocycles. The van der Waals surface area contributed by atoms with E-state index in [1.807, 2.05) is 13.8 Å². The van der Waals surface area contributed by atoms with Crippen molar-refractivity contribution in [1.29, 1.82) is 0 Å². The Labute approximate surface area is 138 Å². The van der Waals surface area contributed by atoms with Gasteiger partial charge in [-0.05, 0) is 55.3 Å². The molecule has 0 unspecified atom stereocenters. The summed E-state index contributed by atoms with van der Waals surface area (Å²) in [7, 11) is 1.51. The number of halogens is 2. The fourth-order valence-corrected chi connectivity index (χ4v) is 2.27. The number of anilines is 1. The molecule has 0 aliphatic rings. The van der Waals surface area contributed by atoms with E-state index in [1.165, 1.54) is 7.11 Å². The van der Waals surface area contributed by atoms with Crippen molar-refractivity contribution < 1.29 is 14.3 Å². The molecule has 22 heavy (non-hydrogen) atoms. The third-order valence-electron chi connectivity index (χ3n) is 3.02. The number of carbonyl (C=O) groups is 1. The van der Waals surface area contributed by atoms with Crippen molar-refractivity contribution in [3.8, 4) is 11.5 Å². The highest BCUT2D eigenvalue weighted by atomic mass is 35.5. The molecule has 0 aliphatic carbocycles. The van der Waals surface area contributed by atoms with Crippen molar-refractivity contribution in [2.75, 3.05) is 12.4 Å². The van der Waals surface area contributed by atoms with Crippen LogP contribution in [0.2, 0.25) is 10.0 Å². The van der Waals surface area contributed by atoms with Crippen LogP contribution < -0.4 is 14.8 Å². The van der Waals surface area contributed by atoms with E-state index in [0.717, 1.165) is 11.1 Å². The minimum Gasteiger partial charge on any atom is -0.495 e. The molecule has 116 valence electrons. The zero-order valence-electron chi connectivity index (χ0n) is 12.4. The van der Waals surface area contributed by atoms with Gasteiger partial charge in [0, 0.05) is 10.0 Å². The maximum atomic E-state index is 12.0. The molecule has 0 saturated heterocycles. The molecule has 0 bridgehead atoms. The first-order valence-electron chi connectivity index (χ1n) is 6.50. The van der Waals surface area contributed by atoms with Gasteiger partial charge in [-0.3, -0.25) is 5.32 Å². The van der Waals surface area contributed by atoms with Crippen LogP contribution in [0.3, 0.4) is 0 Å².